The van der Waals surface area contributed by atoms with Gasteiger partial charge in [0.15, 0.2) is 0 Å². The Bertz CT molecular complexity index is 180. The molecule has 1 fully saturated rings. The van der Waals surface area contributed by atoms with Crippen LogP contribution < -0.4 is 5.32 Å². The summed E-state index contributed by atoms with van der Waals surface area (Å²) in [7, 11) is 0. The van der Waals surface area contributed by atoms with E-state index in [-0.39, 0.29) is 6.04 Å². The summed E-state index contributed by atoms with van der Waals surface area (Å²) in [5.41, 5.74) is 0. The van der Waals surface area contributed by atoms with Crippen molar-refractivity contribution in [1.82, 2.24) is 5.32 Å². The molecule has 3 heteroatoms. The molecule has 3 nitrogen and oxygen atoms in total. The molecule has 0 aromatic heterocycles. The van der Waals surface area contributed by atoms with Crippen LogP contribution in [0.2, 0.25) is 0 Å². The van der Waals surface area contributed by atoms with Crippen molar-refractivity contribution in [1.29, 1.82) is 0 Å². The Morgan fingerprint density at radius 3 is 2.77 bits per heavy atom. The molecule has 2 unspecified atom stereocenters. The normalized spacial score (nSPS) is 28.2. The molecular weight excluding hydrogens is 166 g/mol. The van der Waals surface area contributed by atoms with E-state index in [4.69, 9.17) is 5.11 Å². The SMILES string of the molecule is CC(C)CCC1CNC(C(=O)O)C1. The summed E-state index contributed by atoms with van der Waals surface area (Å²) in [5, 5.41) is 11.8. The summed E-state index contributed by atoms with van der Waals surface area (Å²) in [6, 6.07) is -0.294. The predicted octanol–water partition coefficient (Wildman–Crippen LogP) is 1.49. The first-order chi connectivity index (χ1) is 6.09. The summed E-state index contributed by atoms with van der Waals surface area (Å²) in [6.45, 7) is 5.29. The van der Waals surface area contributed by atoms with E-state index in [9.17, 15) is 4.79 Å². The van der Waals surface area contributed by atoms with Gasteiger partial charge in [-0.05, 0) is 31.2 Å². The van der Waals surface area contributed by atoms with E-state index < -0.39 is 5.97 Å². The highest BCUT2D eigenvalue weighted by Gasteiger charge is 2.28. The Balaban J connectivity index is 2.21. The molecule has 2 N–H and O–H groups in total. The lowest BCUT2D eigenvalue weighted by Gasteiger charge is -2.09. The molecule has 0 aromatic carbocycles. The number of carbonyl (C=O) groups is 1. The van der Waals surface area contributed by atoms with Crippen LogP contribution in [0.25, 0.3) is 0 Å². The van der Waals surface area contributed by atoms with E-state index in [1.54, 1.807) is 0 Å². The number of carboxylic acid groups (broad SMARTS) is 1. The van der Waals surface area contributed by atoms with Gasteiger partial charge in [-0.3, -0.25) is 4.79 Å². The molecule has 1 aliphatic rings. The van der Waals surface area contributed by atoms with Gasteiger partial charge in [-0.2, -0.15) is 0 Å². The molecule has 2 atom stereocenters. The van der Waals surface area contributed by atoms with Crippen molar-refractivity contribution in [2.24, 2.45) is 11.8 Å². The minimum absolute atomic E-state index is 0.294. The molecule has 1 heterocycles. The second kappa shape index (κ2) is 4.61. The highest BCUT2D eigenvalue weighted by Crippen LogP contribution is 2.21. The smallest absolute Gasteiger partial charge is 0.320 e. The second-order valence-electron chi connectivity index (χ2n) is 4.37. The first-order valence-corrected chi connectivity index (χ1v) is 5.05. The van der Waals surface area contributed by atoms with Crippen LogP contribution in [0, 0.1) is 11.8 Å². The molecule has 0 spiro atoms. The summed E-state index contributed by atoms with van der Waals surface area (Å²) in [4.78, 5) is 10.6. The van der Waals surface area contributed by atoms with Crippen molar-refractivity contribution in [2.45, 2.75) is 39.2 Å². The maximum absolute atomic E-state index is 10.6. The van der Waals surface area contributed by atoms with E-state index in [1.807, 2.05) is 0 Å². The summed E-state index contributed by atoms with van der Waals surface area (Å²) in [5.74, 6) is 0.597. The van der Waals surface area contributed by atoms with Gasteiger partial charge in [0.1, 0.15) is 6.04 Å². The van der Waals surface area contributed by atoms with Gasteiger partial charge in [0.2, 0.25) is 0 Å². The molecule has 1 rings (SSSR count). The van der Waals surface area contributed by atoms with Crippen molar-refractivity contribution in [3.05, 3.63) is 0 Å². The third kappa shape index (κ3) is 3.35. The standard InChI is InChI=1S/C10H19NO2/c1-7(2)3-4-8-5-9(10(12)13)11-6-8/h7-9,11H,3-6H2,1-2H3,(H,12,13). The molecular formula is C10H19NO2. The molecule has 1 aliphatic heterocycles. The number of aliphatic carboxylic acids is 1. The average molecular weight is 185 g/mol. The Hall–Kier alpha value is -0.570. The van der Waals surface area contributed by atoms with E-state index in [0.717, 1.165) is 25.3 Å². The van der Waals surface area contributed by atoms with Crippen molar-refractivity contribution in [3.8, 4) is 0 Å². The van der Waals surface area contributed by atoms with Gasteiger partial charge in [-0.1, -0.05) is 20.3 Å². The fourth-order valence-electron chi connectivity index (χ4n) is 1.79. The molecule has 1 saturated heterocycles. The molecule has 0 saturated carbocycles. The van der Waals surface area contributed by atoms with Crippen molar-refractivity contribution >= 4 is 5.97 Å². The fourth-order valence-corrected chi connectivity index (χ4v) is 1.79. The Kier molecular flexibility index (Phi) is 3.72. The zero-order chi connectivity index (χ0) is 9.84. The van der Waals surface area contributed by atoms with Gasteiger partial charge in [0, 0.05) is 0 Å². The van der Waals surface area contributed by atoms with Crippen LogP contribution in [-0.4, -0.2) is 23.7 Å². The third-order valence-corrected chi connectivity index (χ3v) is 2.67. The van der Waals surface area contributed by atoms with Gasteiger partial charge in [0.25, 0.3) is 0 Å². The topological polar surface area (TPSA) is 49.3 Å². The maximum atomic E-state index is 10.6. The Morgan fingerprint density at radius 1 is 1.62 bits per heavy atom. The zero-order valence-electron chi connectivity index (χ0n) is 8.42. The minimum atomic E-state index is -0.702. The van der Waals surface area contributed by atoms with Crippen LogP contribution in [0.5, 0.6) is 0 Å². The summed E-state index contributed by atoms with van der Waals surface area (Å²) < 4.78 is 0. The highest BCUT2D eigenvalue weighted by molar-refractivity contribution is 5.73. The van der Waals surface area contributed by atoms with Crippen LogP contribution in [-0.2, 0) is 4.79 Å². The van der Waals surface area contributed by atoms with Crippen molar-refractivity contribution < 1.29 is 9.90 Å². The quantitative estimate of drug-likeness (QED) is 0.697. The second-order valence-corrected chi connectivity index (χ2v) is 4.37. The van der Waals surface area contributed by atoms with Crippen LogP contribution in [0.15, 0.2) is 0 Å². The van der Waals surface area contributed by atoms with E-state index in [1.165, 1.54) is 6.42 Å². The van der Waals surface area contributed by atoms with E-state index in [2.05, 4.69) is 19.2 Å². The number of hydrogen-bond acceptors (Lipinski definition) is 2. The lowest BCUT2D eigenvalue weighted by atomic mass is 9.96. The molecule has 0 aliphatic carbocycles. The van der Waals surface area contributed by atoms with Crippen LogP contribution in [0.1, 0.15) is 33.1 Å². The van der Waals surface area contributed by atoms with Crippen molar-refractivity contribution in [3.63, 3.8) is 0 Å². The lowest BCUT2D eigenvalue weighted by Crippen LogP contribution is -2.29. The van der Waals surface area contributed by atoms with Gasteiger partial charge in [-0.25, -0.2) is 0 Å². The van der Waals surface area contributed by atoms with E-state index in [0.29, 0.717) is 5.92 Å². The molecule has 76 valence electrons. The largest absolute Gasteiger partial charge is 0.480 e. The number of rotatable bonds is 4. The summed E-state index contributed by atoms with van der Waals surface area (Å²) in [6.07, 6.45) is 3.18. The average Bonchev–Trinajstić information content (AvgIpc) is 2.48. The Morgan fingerprint density at radius 2 is 2.31 bits per heavy atom. The predicted molar refractivity (Wildman–Crippen MR) is 51.6 cm³/mol. The fraction of sp³-hybridized carbons (Fsp3) is 0.900. The zero-order valence-corrected chi connectivity index (χ0v) is 8.42. The third-order valence-electron chi connectivity index (χ3n) is 2.67. The molecule has 0 radical (unpaired) electrons. The van der Waals surface area contributed by atoms with Crippen LogP contribution in [0.3, 0.4) is 0 Å². The minimum Gasteiger partial charge on any atom is -0.480 e. The van der Waals surface area contributed by atoms with Gasteiger partial charge >= 0.3 is 5.97 Å². The van der Waals surface area contributed by atoms with Crippen LogP contribution in [0.4, 0.5) is 0 Å². The lowest BCUT2D eigenvalue weighted by molar-refractivity contribution is -0.139. The number of hydrogen-bond donors (Lipinski definition) is 2. The molecule has 0 bridgehead atoms. The highest BCUT2D eigenvalue weighted by atomic mass is 16.4. The Labute approximate surface area is 79.5 Å². The number of carboxylic acids is 1. The van der Waals surface area contributed by atoms with Crippen molar-refractivity contribution in [2.75, 3.05) is 6.54 Å². The molecule has 0 aromatic rings. The maximum Gasteiger partial charge on any atom is 0.320 e. The number of nitrogens with one attached hydrogen (secondary N) is 1. The monoisotopic (exact) mass is 185 g/mol. The van der Waals surface area contributed by atoms with Crippen LogP contribution >= 0.6 is 0 Å². The first kappa shape index (κ1) is 10.5. The first-order valence-electron chi connectivity index (χ1n) is 5.05. The molecule has 13 heavy (non-hydrogen) atoms. The molecule has 0 amide bonds. The van der Waals surface area contributed by atoms with E-state index >= 15 is 0 Å². The van der Waals surface area contributed by atoms with Gasteiger partial charge in [0.05, 0.1) is 0 Å². The van der Waals surface area contributed by atoms with Gasteiger partial charge in [-0.15, -0.1) is 0 Å². The van der Waals surface area contributed by atoms with Gasteiger partial charge < -0.3 is 10.4 Å². The summed E-state index contributed by atoms with van der Waals surface area (Å²) >= 11 is 0.